The summed E-state index contributed by atoms with van der Waals surface area (Å²) in [4.78, 5) is 23.3. The van der Waals surface area contributed by atoms with E-state index < -0.39 is 6.04 Å². The van der Waals surface area contributed by atoms with Crippen molar-refractivity contribution >= 4 is 23.6 Å². The number of halogens is 1. The fourth-order valence-electron chi connectivity index (χ4n) is 1.92. The second-order valence-electron chi connectivity index (χ2n) is 4.61. The minimum absolute atomic E-state index is 0.0753. The fourth-order valence-corrected chi connectivity index (χ4v) is 2.89. The molecule has 0 aromatic heterocycles. The van der Waals surface area contributed by atoms with Crippen LogP contribution < -0.4 is 10.6 Å². The van der Waals surface area contributed by atoms with Gasteiger partial charge in [-0.2, -0.15) is 11.8 Å². The molecular formula is C14H17FN2O2S. The first kappa shape index (κ1) is 14.8. The Balaban J connectivity index is 1.76. The first-order valence-corrected chi connectivity index (χ1v) is 7.70. The number of carbonyl (C=O) groups is 2. The van der Waals surface area contributed by atoms with Crippen LogP contribution in [0.5, 0.6) is 0 Å². The summed E-state index contributed by atoms with van der Waals surface area (Å²) in [5, 5.41) is 5.52. The van der Waals surface area contributed by atoms with Gasteiger partial charge in [0, 0.05) is 24.5 Å². The smallest absolute Gasteiger partial charge is 0.243 e. The normalized spacial score (nSPS) is 19.1. The molecule has 1 aliphatic rings. The molecule has 1 aromatic rings. The minimum Gasteiger partial charge on any atom is -0.354 e. The molecule has 0 bridgehead atoms. The molecule has 1 fully saturated rings. The lowest BCUT2D eigenvalue weighted by atomic mass is 10.1. The third-order valence-corrected chi connectivity index (χ3v) is 4.10. The summed E-state index contributed by atoms with van der Waals surface area (Å²) in [5.74, 6) is 0.860. The van der Waals surface area contributed by atoms with Crippen LogP contribution in [0.25, 0.3) is 0 Å². The molecule has 20 heavy (non-hydrogen) atoms. The lowest BCUT2D eigenvalue weighted by molar-refractivity contribution is -0.128. The highest BCUT2D eigenvalue weighted by atomic mass is 32.2. The van der Waals surface area contributed by atoms with Gasteiger partial charge in [0.05, 0.1) is 0 Å². The van der Waals surface area contributed by atoms with Crippen LogP contribution in [0.2, 0.25) is 0 Å². The van der Waals surface area contributed by atoms with E-state index in [4.69, 9.17) is 0 Å². The van der Waals surface area contributed by atoms with Crippen LogP contribution in [0.15, 0.2) is 24.3 Å². The molecule has 2 amide bonds. The van der Waals surface area contributed by atoms with Crippen molar-refractivity contribution in [2.75, 3.05) is 18.1 Å². The van der Waals surface area contributed by atoms with Crippen LogP contribution in [0.1, 0.15) is 12.0 Å². The first-order valence-electron chi connectivity index (χ1n) is 6.54. The number of carbonyl (C=O) groups excluding carboxylic acids is 2. The minimum atomic E-state index is -0.455. The van der Waals surface area contributed by atoms with Crippen molar-refractivity contribution in [2.45, 2.75) is 18.9 Å². The molecule has 0 aliphatic carbocycles. The van der Waals surface area contributed by atoms with Gasteiger partial charge in [-0.1, -0.05) is 12.1 Å². The summed E-state index contributed by atoms with van der Waals surface area (Å²) in [6.45, 7) is 0.474. The molecule has 4 nitrogen and oxygen atoms in total. The van der Waals surface area contributed by atoms with Crippen molar-refractivity contribution < 1.29 is 14.0 Å². The van der Waals surface area contributed by atoms with Gasteiger partial charge in [-0.05, 0) is 24.1 Å². The van der Waals surface area contributed by atoms with E-state index in [1.165, 1.54) is 12.1 Å². The Kier molecular flexibility index (Phi) is 5.40. The standard InChI is InChI=1S/C14H17FN2O2S/c15-11-3-1-10(2-4-11)5-7-16-14(19)12-9-20-8-6-13(18)17-12/h1-4,12H,5-9H2,(H,16,19)(H,17,18)/t12-/m1/s1. The van der Waals surface area contributed by atoms with E-state index in [0.29, 0.717) is 25.1 Å². The zero-order valence-electron chi connectivity index (χ0n) is 11.0. The lowest BCUT2D eigenvalue weighted by Gasteiger charge is -2.15. The topological polar surface area (TPSA) is 58.2 Å². The van der Waals surface area contributed by atoms with E-state index in [1.54, 1.807) is 23.9 Å². The van der Waals surface area contributed by atoms with Crippen molar-refractivity contribution in [1.82, 2.24) is 10.6 Å². The molecule has 2 N–H and O–H groups in total. The van der Waals surface area contributed by atoms with Gasteiger partial charge in [-0.25, -0.2) is 4.39 Å². The number of thioether (sulfide) groups is 1. The fraction of sp³-hybridized carbons (Fsp3) is 0.429. The first-order chi connectivity index (χ1) is 9.65. The van der Waals surface area contributed by atoms with E-state index in [-0.39, 0.29) is 17.6 Å². The Morgan fingerprint density at radius 2 is 2.15 bits per heavy atom. The van der Waals surface area contributed by atoms with Gasteiger partial charge in [0.2, 0.25) is 11.8 Å². The largest absolute Gasteiger partial charge is 0.354 e. The highest BCUT2D eigenvalue weighted by Crippen LogP contribution is 2.10. The molecule has 0 radical (unpaired) electrons. The van der Waals surface area contributed by atoms with Crippen molar-refractivity contribution in [3.63, 3.8) is 0 Å². The molecule has 1 aliphatic heterocycles. The average molecular weight is 296 g/mol. The Labute approximate surface area is 121 Å². The number of benzene rings is 1. The quantitative estimate of drug-likeness (QED) is 0.875. The summed E-state index contributed by atoms with van der Waals surface area (Å²) < 4.78 is 12.7. The summed E-state index contributed by atoms with van der Waals surface area (Å²) in [6, 6.07) is 5.75. The molecule has 0 unspecified atom stereocenters. The van der Waals surface area contributed by atoms with Gasteiger partial charge in [-0.3, -0.25) is 9.59 Å². The zero-order chi connectivity index (χ0) is 14.4. The molecular weight excluding hydrogens is 279 g/mol. The van der Waals surface area contributed by atoms with E-state index in [2.05, 4.69) is 10.6 Å². The molecule has 2 rings (SSSR count). The monoisotopic (exact) mass is 296 g/mol. The Morgan fingerprint density at radius 1 is 1.40 bits per heavy atom. The molecule has 0 saturated carbocycles. The van der Waals surface area contributed by atoms with E-state index in [1.807, 2.05) is 0 Å². The van der Waals surface area contributed by atoms with Gasteiger partial charge in [0.25, 0.3) is 0 Å². The number of hydrogen-bond donors (Lipinski definition) is 2. The van der Waals surface area contributed by atoms with E-state index in [0.717, 1.165) is 11.3 Å². The Bertz CT molecular complexity index is 479. The maximum atomic E-state index is 12.7. The molecule has 1 atom stereocenters. The van der Waals surface area contributed by atoms with Crippen LogP contribution in [-0.2, 0) is 16.0 Å². The number of rotatable bonds is 4. The van der Waals surface area contributed by atoms with E-state index >= 15 is 0 Å². The lowest BCUT2D eigenvalue weighted by Crippen LogP contribution is -2.47. The van der Waals surface area contributed by atoms with Gasteiger partial charge < -0.3 is 10.6 Å². The van der Waals surface area contributed by atoms with Gasteiger partial charge in [-0.15, -0.1) is 0 Å². The second kappa shape index (κ2) is 7.28. The molecule has 1 heterocycles. The second-order valence-corrected chi connectivity index (χ2v) is 5.76. The zero-order valence-corrected chi connectivity index (χ0v) is 11.8. The van der Waals surface area contributed by atoms with Crippen LogP contribution in [0.4, 0.5) is 4.39 Å². The summed E-state index contributed by atoms with van der Waals surface area (Å²) in [7, 11) is 0. The van der Waals surface area contributed by atoms with Crippen molar-refractivity contribution in [3.8, 4) is 0 Å². The molecule has 1 aromatic carbocycles. The van der Waals surface area contributed by atoms with E-state index in [9.17, 15) is 14.0 Å². The number of amides is 2. The summed E-state index contributed by atoms with van der Waals surface area (Å²) in [6.07, 6.45) is 1.10. The predicted molar refractivity (Wildman–Crippen MR) is 77.0 cm³/mol. The van der Waals surface area contributed by atoms with Crippen LogP contribution in [-0.4, -0.2) is 35.9 Å². The maximum absolute atomic E-state index is 12.7. The number of nitrogens with one attached hydrogen (secondary N) is 2. The third-order valence-electron chi connectivity index (χ3n) is 3.04. The molecule has 6 heteroatoms. The van der Waals surface area contributed by atoms with Crippen molar-refractivity contribution in [2.24, 2.45) is 0 Å². The van der Waals surface area contributed by atoms with Crippen LogP contribution in [0.3, 0.4) is 0 Å². The Morgan fingerprint density at radius 3 is 2.90 bits per heavy atom. The van der Waals surface area contributed by atoms with Gasteiger partial charge in [0.1, 0.15) is 11.9 Å². The molecule has 108 valence electrons. The van der Waals surface area contributed by atoms with Gasteiger partial charge in [0.15, 0.2) is 0 Å². The average Bonchev–Trinajstić information content (AvgIpc) is 2.65. The molecule has 0 spiro atoms. The Hall–Kier alpha value is -1.56. The molecule has 1 saturated heterocycles. The SMILES string of the molecule is O=C1CCSC[C@H](C(=O)NCCc2ccc(F)cc2)N1. The van der Waals surface area contributed by atoms with Crippen molar-refractivity contribution in [3.05, 3.63) is 35.6 Å². The van der Waals surface area contributed by atoms with Gasteiger partial charge >= 0.3 is 0 Å². The number of hydrogen-bond acceptors (Lipinski definition) is 3. The van der Waals surface area contributed by atoms with Crippen LogP contribution >= 0.6 is 11.8 Å². The maximum Gasteiger partial charge on any atom is 0.243 e. The predicted octanol–water partition coefficient (Wildman–Crippen LogP) is 1.11. The highest BCUT2D eigenvalue weighted by Gasteiger charge is 2.22. The highest BCUT2D eigenvalue weighted by molar-refractivity contribution is 7.99. The summed E-state index contributed by atoms with van der Waals surface area (Å²) in [5.41, 5.74) is 0.964. The van der Waals surface area contributed by atoms with Crippen LogP contribution in [0, 0.1) is 5.82 Å². The third kappa shape index (κ3) is 4.52. The van der Waals surface area contributed by atoms with Crippen molar-refractivity contribution in [1.29, 1.82) is 0 Å². The summed E-state index contributed by atoms with van der Waals surface area (Å²) >= 11 is 1.60.